The van der Waals surface area contributed by atoms with Crippen LogP contribution in [0.3, 0.4) is 0 Å². The predicted octanol–water partition coefficient (Wildman–Crippen LogP) is 3.50. The van der Waals surface area contributed by atoms with Gasteiger partial charge >= 0.3 is 0 Å². The fourth-order valence-corrected chi connectivity index (χ4v) is 4.17. The molecule has 4 heterocycles. The van der Waals surface area contributed by atoms with Gasteiger partial charge in [-0.15, -0.1) is 0 Å². The van der Waals surface area contributed by atoms with Gasteiger partial charge in [0, 0.05) is 61.6 Å². The average molecular weight is 403 g/mol. The van der Waals surface area contributed by atoms with Crippen LogP contribution in [0.4, 0.5) is 23.1 Å². The van der Waals surface area contributed by atoms with E-state index in [9.17, 15) is 0 Å². The largest absolute Gasteiger partial charge is 0.388 e. The number of hydrogen-bond donors (Lipinski definition) is 1. The molecule has 7 nitrogen and oxygen atoms in total. The molecule has 0 spiro atoms. The first-order chi connectivity index (χ1) is 14.8. The zero-order valence-electron chi connectivity index (χ0n) is 17.2. The molecule has 7 heteroatoms. The van der Waals surface area contributed by atoms with Gasteiger partial charge in [0.15, 0.2) is 0 Å². The molecule has 1 aromatic carbocycles. The molecule has 5 rings (SSSR count). The molecule has 2 aliphatic rings. The lowest BCUT2D eigenvalue weighted by molar-refractivity contribution is 0.122. The molecule has 1 fully saturated rings. The summed E-state index contributed by atoms with van der Waals surface area (Å²) in [5, 5.41) is 3.24. The van der Waals surface area contributed by atoms with Gasteiger partial charge in [-0.1, -0.05) is 12.1 Å². The fourth-order valence-electron chi connectivity index (χ4n) is 4.17. The van der Waals surface area contributed by atoms with Gasteiger partial charge in [0.2, 0.25) is 5.95 Å². The van der Waals surface area contributed by atoms with E-state index in [2.05, 4.69) is 44.4 Å². The number of aromatic nitrogens is 3. The van der Waals surface area contributed by atoms with Crippen LogP contribution in [0.1, 0.15) is 12.0 Å². The first kappa shape index (κ1) is 18.8. The maximum Gasteiger partial charge on any atom is 0.228 e. The molecule has 0 aliphatic carbocycles. The minimum atomic E-state index is 0.707. The Bertz CT molecular complexity index is 1020. The molecule has 0 saturated carbocycles. The number of anilines is 4. The van der Waals surface area contributed by atoms with Crippen LogP contribution in [0.5, 0.6) is 0 Å². The van der Waals surface area contributed by atoms with Crippen LogP contribution in [-0.4, -0.2) is 54.8 Å². The van der Waals surface area contributed by atoms with Crippen LogP contribution in [0.25, 0.3) is 11.3 Å². The lowest BCUT2D eigenvalue weighted by Crippen LogP contribution is -2.38. The number of rotatable bonds is 4. The van der Waals surface area contributed by atoms with E-state index >= 15 is 0 Å². The summed E-state index contributed by atoms with van der Waals surface area (Å²) in [6, 6.07) is 12.5. The van der Waals surface area contributed by atoms with E-state index in [-0.39, 0.29) is 0 Å². The minimum absolute atomic E-state index is 0.707. The molecule has 2 aliphatic heterocycles. The van der Waals surface area contributed by atoms with Crippen molar-refractivity contribution < 1.29 is 4.74 Å². The summed E-state index contributed by atoms with van der Waals surface area (Å²) in [4.78, 5) is 18.9. The van der Waals surface area contributed by atoms with Gasteiger partial charge in [-0.05, 0) is 37.1 Å². The van der Waals surface area contributed by atoms with Gasteiger partial charge in [-0.25, -0.2) is 4.98 Å². The molecule has 0 unspecified atom stereocenters. The van der Waals surface area contributed by atoms with Crippen molar-refractivity contribution in [3.8, 4) is 11.3 Å². The van der Waals surface area contributed by atoms with Crippen molar-refractivity contribution in [1.82, 2.24) is 15.0 Å². The molecule has 2 aromatic heterocycles. The summed E-state index contributed by atoms with van der Waals surface area (Å²) in [6.07, 6.45) is 5.71. The number of pyridine rings is 1. The van der Waals surface area contributed by atoms with E-state index in [1.165, 1.54) is 5.56 Å². The molecule has 154 valence electrons. The Morgan fingerprint density at radius 2 is 1.83 bits per heavy atom. The van der Waals surface area contributed by atoms with Crippen LogP contribution in [0.15, 0.2) is 48.8 Å². The van der Waals surface area contributed by atoms with E-state index in [1.807, 2.05) is 31.6 Å². The third-order valence-corrected chi connectivity index (χ3v) is 5.73. The van der Waals surface area contributed by atoms with E-state index in [4.69, 9.17) is 14.7 Å². The van der Waals surface area contributed by atoms with E-state index in [1.54, 1.807) is 0 Å². The lowest BCUT2D eigenvalue weighted by Gasteiger charge is -2.33. The van der Waals surface area contributed by atoms with Gasteiger partial charge in [0.05, 0.1) is 18.9 Å². The van der Waals surface area contributed by atoms with E-state index in [0.717, 1.165) is 66.9 Å². The number of morpholine rings is 1. The third kappa shape index (κ3) is 3.57. The maximum absolute atomic E-state index is 5.55. The lowest BCUT2D eigenvalue weighted by atomic mass is 9.98. The second kappa shape index (κ2) is 8.28. The van der Waals surface area contributed by atoms with Crippen molar-refractivity contribution in [1.29, 1.82) is 0 Å². The van der Waals surface area contributed by atoms with Crippen molar-refractivity contribution in [2.75, 3.05) is 55.0 Å². The van der Waals surface area contributed by atoms with Crippen LogP contribution in [0, 0.1) is 0 Å². The average Bonchev–Trinajstić information content (AvgIpc) is 2.84. The Balaban J connectivity index is 1.67. The quantitative estimate of drug-likeness (QED) is 0.716. The summed E-state index contributed by atoms with van der Waals surface area (Å²) >= 11 is 0. The molecule has 0 amide bonds. The van der Waals surface area contributed by atoms with Crippen LogP contribution < -0.4 is 15.1 Å². The Kier molecular flexibility index (Phi) is 5.19. The Morgan fingerprint density at radius 3 is 2.63 bits per heavy atom. The van der Waals surface area contributed by atoms with Gasteiger partial charge < -0.3 is 19.9 Å². The molecule has 1 saturated heterocycles. The number of fused-ring (bicyclic) bond motifs is 1. The normalized spacial score (nSPS) is 16.3. The smallest absolute Gasteiger partial charge is 0.228 e. The van der Waals surface area contributed by atoms with Crippen molar-refractivity contribution in [2.45, 2.75) is 12.8 Å². The molecular weight excluding hydrogens is 376 g/mol. The summed E-state index contributed by atoms with van der Waals surface area (Å²) in [5.74, 6) is 1.79. The Labute approximate surface area is 176 Å². The molecular formula is C23H26N6O. The summed E-state index contributed by atoms with van der Waals surface area (Å²) in [5.41, 5.74) is 5.55. The monoisotopic (exact) mass is 402 g/mol. The number of nitrogens with one attached hydrogen (secondary N) is 1. The first-order valence-corrected chi connectivity index (χ1v) is 10.5. The number of hydrogen-bond acceptors (Lipinski definition) is 7. The fraction of sp³-hybridized carbons (Fsp3) is 0.348. The third-order valence-electron chi connectivity index (χ3n) is 5.73. The van der Waals surface area contributed by atoms with Crippen LogP contribution >= 0.6 is 0 Å². The van der Waals surface area contributed by atoms with Gasteiger partial charge in [0.25, 0.3) is 0 Å². The highest BCUT2D eigenvalue weighted by Crippen LogP contribution is 2.38. The van der Waals surface area contributed by atoms with Crippen LogP contribution in [-0.2, 0) is 11.2 Å². The molecule has 0 atom stereocenters. The van der Waals surface area contributed by atoms with Crippen LogP contribution in [0.2, 0.25) is 0 Å². The molecule has 0 bridgehead atoms. The molecule has 30 heavy (non-hydrogen) atoms. The van der Waals surface area contributed by atoms with Crippen molar-refractivity contribution >= 4 is 23.1 Å². The van der Waals surface area contributed by atoms with Crippen molar-refractivity contribution in [2.24, 2.45) is 0 Å². The molecule has 0 radical (unpaired) electrons. The predicted molar refractivity (Wildman–Crippen MR) is 120 cm³/mol. The first-order valence-electron chi connectivity index (χ1n) is 10.5. The second-order valence-electron chi connectivity index (χ2n) is 7.57. The number of benzene rings is 1. The van der Waals surface area contributed by atoms with E-state index in [0.29, 0.717) is 13.2 Å². The summed E-state index contributed by atoms with van der Waals surface area (Å²) in [7, 11) is 1.94. The highest BCUT2D eigenvalue weighted by Gasteiger charge is 2.27. The molecule has 3 aromatic rings. The number of nitrogens with zero attached hydrogens (tertiary/aromatic N) is 5. The summed E-state index contributed by atoms with van der Waals surface area (Å²) in [6.45, 7) is 3.97. The standard InChI is InChI=1S/C23H26N6O/c1-24-18-5-2-4-17(16-18)21-20-6-3-11-29(19-7-9-25-10-8-19)22(20)27-23(26-21)28-12-14-30-15-13-28/h2,4-5,7-10,16,24H,3,6,11-15H2,1H3. The van der Waals surface area contributed by atoms with Gasteiger partial charge in [0.1, 0.15) is 5.82 Å². The number of ether oxygens (including phenoxy) is 1. The van der Waals surface area contributed by atoms with Gasteiger partial charge in [-0.2, -0.15) is 4.98 Å². The van der Waals surface area contributed by atoms with Crippen molar-refractivity contribution in [3.63, 3.8) is 0 Å². The molecule has 1 N–H and O–H groups in total. The second-order valence-corrected chi connectivity index (χ2v) is 7.57. The maximum atomic E-state index is 5.55. The minimum Gasteiger partial charge on any atom is -0.388 e. The van der Waals surface area contributed by atoms with E-state index < -0.39 is 0 Å². The Hall–Kier alpha value is -3.19. The highest BCUT2D eigenvalue weighted by atomic mass is 16.5. The Morgan fingerprint density at radius 1 is 1.00 bits per heavy atom. The summed E-state index contributed by atoms with van der Waals surface area (Å²) < 4.78 is 5.55. The zero-order valence-corrected chi connectivity index (χ0v) is 17.2. The topological polar surface area (TPSA) is 66.4 Å². The SMILES string of the molecule is CNc1cccc(-c2nc(N3CCOCC3)nc3c2CCCN3c2ccncc2)c1. The highest BCUT2D eigenvalue weighted by molar-refractivity contribution is 5.77. The zero-order chi connectivity index (χ0) is 20.3. The van der Waals surface area contributed by atoms with Crippen molar-refractivity contribution in [3.05, 3.63) is 54.4 Å². The van der Waals surface area contributed by atoms with Gasteiger partial charge in [-0.3, -0.25) is 4.98 Å².